The number of carbonyl (C=O) groups is 1. The van der Waals surface area contributed by atoms with Crippen LogP contribution in [0.2, 0.25) is 0 Å². The molecule has 0 aliphatic heterocycles. The van der Waals surface area contributed by atoms with Gasteiger partial charge in [0.1, 0.15) is 5.56 Å². The van der Waals surface area contributed by atoms with E-state index < -0.39 is 15.8 Å². The van der Waals surface area contributed by atoms with Gasteiger partial charge < -0.3 is 4.74 Å². The number of nitrogens with zero attached hydrogens (tertiary/aromatic N) is 4. The summed E-state index contributed by atoms with van der Waals surface area (Å²) in [5.41, 5.74) is 0.306. The first-order valence-electron chi connectivity index (χ1n) is 8.87. The Labute approximate surface area is 170 Å². The molecule has 152 valence electrons. The molecule has 10 nitrogen and oxygen atoms in total. The molecule has 3 rings (SSSR count). The summed E-state index contributed by atoms with van der Waals surface area (Å²) in [7, 11) is 0. The first-order chi connectivity index (χ1) is 14.3. The lowest BCUT2D eigenvalue weighted by Gasteiger charge is -2.13. The Morgan fingerprint density at radius 3 is 2.43 bits per heavy atom. The van der Waals surface area contributed by atoms with Crippen LogP contribution in [-0.4, -0.2) is 32.4 Å². The van der Waals surface area contributed by atoms with Crippen molar-refractivity contribution in [2.45, 2.75) is 13.8 Å². The van der Waals surface area contributed by atoms with Gasteiger partial charge in [-0.05, 0) is 19.9 Å². The zero-order valence-corrected chi connectivity index (χ0v) is 16.1. The molecule has 0 amide bonds. The average Bonchev–Trinajstić information content (AvgIpc) is 2.73. The molecule has 0 unspecified atom stereocenters. The highest BCUT2D eigenvalue weighted by atomic mass is 16.6. The van der Waals surface area contributed by atoms with Crippen molar-refractivity contribution in [2.24, 2.45) is 0 Å². The Bertz CT molecular complexity index is 1160. The fraction of sp³-hybridized carbons (Fsp3) is 0.150. The maximum atomic E-state index is 12.6. The molecule has 30 heavy (non-hydrogen) atoms. The average molecular weight is 408 g/mol. The highest BCUT2D eigenvalue weighted by molar-refractivity contribution is 5.98. The number of aryl methyl sites for hydroxylation is 1. The molecule has 0 atom stereocenters. The topological polar surface area (TPSA) is 138 Å². The normalized spacial score (nSPS) is 10.5. The van der Waals surface area contributed by atoms with Gasteiger partial charge in [-0.25, -0.2) is 14.8 Å². The second kappa shape index (κ2) is 8.43. The molecule has 2 aromatic carbocycles. The first kappa shape index (κ1) is 20.5. The largest absolute Gasteiger partial charge is 0.462 e. The van der Waals surface area contributed by atoms with Crippen LogP contribution >= 0.6 is 0 Å². The van der Waals surface area contributed by atoms with E-state index in [9.17, 15) is 25.0 Å². The minimum atomic E-state index is -0.714. The van der Waals surface area contributed by atoms with E-state index in [1.54, 1.807) is 26.0 Å². The second-order valence-corrected chi connectivity index (χ2v) is 6.16. The summed E-state index contributed by atoms with van der Waals surface area (Å²) >= 11 is 0. The van der Waals surface area contributed by atoms with E-state index in [1.807, 2.05) is 0 Å². The number of carbonyl (C=O) groups excluding carboxylic acids is 1. The van der Waals surface area contributed by atoms with Crippen LogP contribution in [0.5, 0.6) is 0 Å². The molecule has 0 bridgehead atoms. The number of aromatic nitrogens is 2. The maximum absolute atomic E-state index is 12.6. The number of hydrogen-bond donors (Lipinski definition) is 0. The number of para-hydroxylation sites is 1. The van der Waals surface area contributed by atoms with Crippen molar-refractivity contribution < 1.29 is 19.4 Å². The summed E-state index contributed by atoms with van der Waals surface area (Å²) in [6.07, 6.45) is 0. The van der Waals surface area contributed by atoms with Crippen molar-refractivity contribution in [3.05, 3.63) is 80.0 Å². The first-order valence-corrected chi connectivity index (χ1v) is 8.87. The van der Waals surface area contributed by atoms with E-state index >= 15 is 0 Å². The van der Waals surface area contributed by atoms with E-state index in [1.165, 1.54) is 36.4 Å². The number of ether oxygens (including phenoxy) is 1. The Morgan fingerprint density at radius 1 is 1.03 bits per heavy atom. The molecule has 1 aromatic heterocycles. The van der Waals surface area contributed by atoms with Gasteiger partial charge in [0.05, 0.1) is 33.4 Å². The van der Waals surface area contributed by atoms with Crippen LogP contribution < -0.4 is 0 Å². The molecule has 0 fully saturated rings. The molecule has 0 spiro atoms. The van der Waals surface area contributed by atoms with Gasteiger partial charge in [-0.3, -0.25) is 20.2 Å². The molecular formula is C20H16N4O6. The predicted molar refractivity (Wildman–Crippen MR) is 107 cm³/mol. The fourth-order valence-corrected chi connectivity index (χ4v) is 2.94. The third-order valence-electron chi connectivity index (χ3n) is 4.24. The smallest absolute Gasteiger partial charge is 0.342 e. The van der Waals surface area contributed by atoms with E-state index in [0.29, 0.717) is 5.56 Å². The molecule has 0 aliphatic rings. The number of nitro groups is 2. The molecule has 3 aromatic rings. The van der Waals surface area contributed by atoms with Crippen LogP contribution in [0.15, 0.2) is 48.5 Å². The number of hydrogen-bond acceptors (Lipinski definition) is 8. The highest BCUT2D eigenvalue weighted by Crippen LogP contribution is 2.34. The van der Waals surface area contributed by atoms with Crippen LogP contribution in [0.25, 0.3) is 22.6 Å². The Morgan fingerprint density at radius 2 is 1.77 bits per heavy atom. The van der Waals surface area contributed by atoms with Gasteiger partial charge in [-0.15, -0.1) is 0 Å². The molecule has 0 saturated heterocycles. The highest BCUT2D eigenvalue weighted by Gasteiger charge is 2.26. The number of non-ortho nitro benzene ring substituents is 1. The molecule has 0 radical (unpaired) electrons. The van der Waals surface area contributed by atoms with Crippen molar-refractivity contribution in [1.29, 1.82) is 0 Å². The maximum Gasteiger partial charge on any atom is 0.342 e. The van der Waals surface area contributed by atoms with Crippen molar-refractivity contribution in [3.8, 4) is 22.6 Å². The molecule has 10 heteroatoms. The van der Waals surface area contributed by atoms with Gasteiger partial charge in [-0.2, -0.15) is 0 Å². The predicted octanol–water partition coefficient (Wildman–Crippen LogP) is 4.11. The van der Waals surface area contributed by atoms with Crippen LogP contribution in [0.4, 0.5) is 11.4 Å². The zero-order valence-electron chi connectivity index (χ0n) is 16.1. The summed E-state index contributed by atoms with van der Waals surface area (Å²) in [5, 5.41) is 22.6. The van der Waals surface area contributed by atoms with Gasteiger partial charge in [0.25, 0.3) is 11.4 Å². The van der Waals surface area contributed by atoms with Gasteiger partial charge in [-0.1, -0.05) is 24.3 Å². The van der Waals surface area contributed by atoms with Gasteiger partial charge in [0.2, 0.25) is 0 Å². The van der Waals surface area contributed by atoms with Crippen LogP contribution in [0.1, 0.15) is 23.0 Å². The SMILES string of the molecule is CCOC(=O)c1c(C)nc(-c2cccc([N+](=O)[O-])c2)nc1-c1ccccc1[N+](=O)[O-]. The van der Waals surface area contributed by atoms with Crippen LogP contribution in [-0.2, 0) is 4.74 Å². The summed E-state index contributed by atoms with van der Waals surface area (Å²) < 4.78 is 5.09. The molecular weight excluding hydrogens is 392 g/mol. The van der Waals surface area contributed by atoms with Crippen molar-refractivity contribution in [2.75, 3.05) is 6.61 Å². The minimum Gasteiger partial charge on any atom is -0.462 e. The van der Waals surface area contributed by atoms with Gasteiger partial charge in [0.15, 0.2) is 5.82 Å². The van der Waals surface area contributed by atoms with E-state index in [4.69, 9.17) is 4.74 Å². The number of rotatable bonds is 6. The summed E-state index contributed by atoms with van der Waals surface area (Å²) in [5.74, 6) is -0.619. The van der Waals surface area contributed by atoms with Gasteiger partial charge in [0, 0.05) is 23.8 Å². The quantitative estimate of drug-likeness (QED) is 0.337. The fourth-order valence-electron chi connectivity index (χ4n) is 2.94. The summed E-state index contributed by atoms with van der Waals surface area (Å²) in [6, 6.07) is 11.5. The lowest BCUT2D eigenvalue weighted by Crippen LogP contribution is -2.13. The minimum absolute atomic E-state index is 0.000306. The Balaban J connectivity index is 2.31. The number of esters is 1. The number of benzene rings is 2. The number of nitro benzene ring substituents is 2. The molecule has 0 N–H and O–H groups in total. The van der Waals surface area contributed by atoms with Crippen molar-refractivity contribution >= 4 is 17.3 Å². The lowest BCUT2D eigenvalue weighted by molar-refractivity contribution is -0.384. The monoisotopic (exact) mass is 408 g/mol. The van der Waals surface area contributed by atoms with Crippen molar-refractivity contribution in [3.63, 3.8) is 0 Å². The third kappa shape index (κ3) is 3.97. The van der Waals surface area contributed by atoms with E-state index in [0.717, 1.165) is 0 Å². The standard InChI is InChI=1S/C20H16N4O6/c1-3-30-20(25)17-12(2)21-19(13-7-6-8-14(11-13)23(26)27)22-18(17)15-9-4-5-10-16(15)24(28)29/h4-11H,3H2,1-2H3. The second-order valence-electron chi connectivity index (χ2n) is 6.16. The van der Waals surface area contributed by atoms with E-state index in [2.05, 4.69) is 9.97 Å². The Kier molecular flexibility index (Phi) is 5.77. The summed E-state index contributed by atoms with van der Waals surface area (Å²) in [6.45, 7) is 3.28. The van der Waals surface area contributed by atoms with Gasteiger partial charge >= 0.3 is 5.97 Å². The molecule has 0 saturated carbocycles. The Hall–Kier alpha value is -4.21. The van der Waals surface area contributed by atoms with E-state index in [-0.39, 0.29) is 46.3 Å². The van der Waals surface area contributed by atoms with Crippen molar-refractivity contribution in [1.82, 2.24) is 9.97 Å². The third-order valence-corrected chi connectivity index (χ3v) is 4.24. The van der Waals surface area contributed by atoms with Crippen LogP contribution in [0, 0.1) is 27.2 Å². The summed E-state index contributed by atoms with van der Waals surface area (Å²) in [4.78, 5) is 42.8. The molecule has 0 aliphatic carbocycles. The van der Waals surface area contributed by atoms with Crippen LogP contribution in [0.3, 0.4) is 0 Å². The lowest BCUT2D eigenvalue weighted by atomic mass is 10.0. The molecule has 1 heterocycles. The zero-order chi connectivity index (χ0) is 21.8.